The second-order valence-corrected chi connectivity index (χ2v) is 6.06. The number of hydrogen-bond acceptors (Lipinski definition) is 2. The highest BCUT2D eigenvalue weighted by atomic mass is 35.5. The molecule has 3 aromatic rings. The lowest BCUT2D eigenvalue weighted by atomic mass is 10.1. The molecule has 0 spiro atoms. The van der Waals surface area contributed by atoms with Gasteiger partial charge in [0.2, 0.25) is 0 Å². The molecule has 3 rings (SSSR count). The summed E-state index contributed by atoms with van der Waals surface area (Å²) in [6.07, 6.45) is 0. The van der Waals surface area contributed by atoms with Crippen LogP contribution < -0.4 is 9.64 Å². The van der Waals surface area contributed by atoms with Crippen molar-refractivity contribution in [3.05, 3.63) is 88.4 Å². The molecule has 0 saturated carbocycles. The van der Waals surface area contributed by atoms with Gasteiger partial charge in [-0.1, -0.05) is 59.6 Å². The number of nitrogens with zero attached hydrogens (tertiary/aromatic N) is 1. The molecule has 0 fully saturated rings. The number of hydrogen-bond donors (Lipinski definition) is 0. The fourth-order valence-corrected chi connectivity index (χ4v) is 3.14. The molecule has 0 unspecified atom stereocenters. The van der Waals surface area contributed by atoms with Crippen molar-refractivity contribution in [1.29, 1.82) is 0 Å². The normalized spacial score (nSPS) is 10.4. The number of carbonyl (C=O) groups excluding carboxylic acids is 1. The quantitative estimate of drug-likeness (QED) is 0.564. The van der Waals surface area contributed by atoms with Gasteiger partial charge < -0.3 is 4.74 Å². The van der Waals surface area contributed by atoms with Gasteiger partial charge in [0.25, 0.3) is 5.91 Å². The molecule has 0 aliphatic carbocycles. The van der Waals surface area contributed by atoms with Crippen LogP contribution in [0.4, 0.5) is 11.4 Å². The van der Waals surface area contributed by atoms with Crippen LogP contribution in [0, 0.1) is 0 Å². The van der Waals surface area contributed by atoms with Gasteiger partial charge in [-0.25, -0.2) is 0 Å². The summed E-state index contributed by atoms with van der Waals surface area (Å²) in [7, 11) is 1.53. The van der Waals surface area contributed by atoms with E-state index < -0.39 is 0 Å². The van der Waals surface area contributed by atoms with Crippen LogP contribution in [0.2, 0.25) is 10.0 Å². The molecular formula is C20H15Cl2NO2. The highest BCUT2D eigenvalue weighted by Crippen LogP contribution is 2.39. The minimum Gasteiger partial charge on any atom is -0.496 e. The molecule has 0 atom stereocenters. The summed E-state index contributed by atoms with van der Waals surface area (Å²) in [4.78, 5) is 14.9. The van der Waals surface area contributed by atoms with Crippen molar-refractivity contribution < 1.29 is 9.53 Å². The van der Waals surface area contributed by atoms with E-state index in [-0.39, 0.29) is 5.91 Å². The van der Waals surface area contributed by atoms with E-state index in [1.165, 1.54) is 12.0 Å². The third-order valence-corrected chi connectivity index (χ3v) is 4.33. The van der Waals surface area contributed by atoms with Crippen molar-refractivity contribution in [3.8, 4) is 5.75 Å². The lowest BCUT2D eigenvalue weighted by molar-refractivity contribution is 0.0996. The molecule has 0 aliphatic rings. The number of carbonyl (C=O) groups is 1. The van der Waals surface area contributed by atoms with E-state index >= 15 is 0 Å². The smallest absolute Gasteiger partial charge is 0.266 e. The molecule has 0 aliphatic heterocycles. The number of halogens is 2. The Morgan fingerprint density at radius 3 is 2.08 bits per heavy atom. The summed E-state index contributed by atoms with van der Waals surface area (Å²) < 4.78 is 5.34. The monoisotopic (exact) mass is 371 g/mol. The first kappa shape index (κ1) is 17.3. The molecule has 1 amide bonds. The Hall–Kier alpha value is -2.49. The molecule has 0 radical (unpaired) electrons. The summed E-state index contributed by atoms with van der Waals surface area (Å²) in [5, 5.41) is 0.777. The fourth-order valence-electron chi connectivity index (χ4n) is 2.57. The van der Waals surface area contributed by atoms with E-state index in [9.17, 15) is 4.79 Å². The van der Waals surface area contributed by atoms with Gasteiger partial charge in [-0.15, -0.1) is 0 Å². The van der Waals surface area contributed by atoms with Crippen LogP contribution in [-0.2, 0) is 0 Å². The second-order valence-electron chi connectivity index (χ2n) is 5.25. The van der Waals surface area contributed by atoms with Crippen molar-refractivity contribution in [1.82, 2.24) is 0 Å². The Morgan fingerprint density at radius 2 is 1.44 bits per heavy atom. The summed E-state index contributed by atoms with van der Waals surface area (Å²) in [5.41, 5.74) is 1.52. The lowest BCUT2D eigenvalue weighted by Crippen LogP contribution is -2.27. The minimum absolute atomic E-state index is 0.279. The van der Waals surface area contributed by atoms with Gasteiger partial charge in [-0.05, 0) is 36.4 Å². The van der Waals surface area contributed by atoms with E-state index in [0.29, 0.717) is 32.7 Å². The van der Waals surface area contributed by atoms with Crippen LogP contribution in [0.5, 0.6) is 5.75 Å². The number of amides is 1. The molecule has 3 aromatic carbocycles. The van der Waals surface area contributed by atoms with Gasteiger partial charge in [0, 0.05) is 5.69 Å². The number of ether oxygens (including phenoxy) is 1. The Labute approximate surface area is 156 Å². The van der Waals surface area contributed by atoms with Crippen molar-refractivity contribution in [3.63, 3.8) is 0 Å². The van der Waals surface area contributed by atoms with Crippen LogP contribution >= 0.6 is 23.2 Å². The maximum Gasteiger partial charge on any atom is 0.266 e. The predicted octanol–water partition coefficient (Wildman–Crippen LogP) is 5.98. The van der Waals surface area contributed by atoms with Crippen LogP contribution in [0.25, 0.3) is 0 Å². The molecule has 126 valence electrons. The second kappa shape index (κ2) is 7.60. The predicted molar refractivity (Wildman–Crippen MR) is 102 cm³/mol. The molecule has 3 nitrogen and oxygen atoms in total. The summed E-state index contributed by atoms with van der Waals surface area (Å²) >= 11 is 12.7. The molecular weight excluding hydrogens is 357 g/mol. The highest BCUT2D eigenvalue weighted by Gasteiger charge is 2.26. The molecule has 5 heteroatoms. The van der Waals surface area contributed by atoms with Gasteiger partial charge in [-0.3, -0.25) is 9.69 Å². The SMILES string of the molecule is COc1ccccc1C(=O)N(c1ccccc1)c1c(Cl)cccc1Cl. The Morgan fingerprint density at radius 1 is 0.840 bits per heavy atom. The summed E-state index contributed by atoms with van der Waals surface area (Å²) in [5.74, 6) is 0.204. The lowest BCUT2D eigenvalue weighted by Gasteiger charge is -2.25. The van der Waals surface area contributed by atoms with Crippen molar-refractivity contribution in [2.45, 2.75) is 0 Å². The van der Waals surface area contributed by atoms with Crippen LogP contribution in [-0.4, -0.2) is 13.0 Å². The highest BCUT2D eigenvalue weighted by molar-refractivity contribution is 6.40. The number of methoxy groups -OCH3 is 1. The number of rotatable bonds is 4. The van der Waals surface area contributed by atoms with E-state index in [1.807, 2.05) is 36.4 Å². The first-order valence-electron chi connectivity index (χ1n) is 7.60. The van der Waals surface area contributed by atoms with Gasteiger partial charge in [0.05, 0.1) is 28.4 Å². The Balaban J connectivity index is 2.21. The van der Waals surface area contributed by atoms with E-state index in [2.05, 4.69) is 0 Å². The number of benzene rings is 3. The largest absolute Gasteiger partial charge is 0.496 e. The summed E-state index contributed by atoms with van der Waals surface area (Å²) in [6, 6.07) is 21.4. The molecule has 0 heterocycles. The zero-order chi connectivity index (χ0) is 17.8. The molecule has 25 heavy (non-hydrogen) atoms. The van der Waals surface area contributed by atoms with E-state index in [0.717, 1.165) is 0 Å². The van der Waals surface area contributed by atoms with Gasteiger partial charge in [0.15, 0.2) is 0 Å². The van der Waals surface area contributed by atoms with Gasteiger partial charge in [-0.2, -0.15) is 0 Å². The molecule has 0 aromatic heterocycles. The van der Waals surface area contributed by atoms with Crippen molar-refractivity contribution in [2.75, 3.05) is 12.0 Å². The maximum atomic E-state index is 13.4. The van der Waals surface area contributed by atoms with Crippen LogP contribution in [0.3, 0.4) is 0 Å². The zero-order valence-corrected chi connectivity index (χ0v) is 15.0. The fraction of sp³-hybridized carbons (Fsp3) is 0.0500. The van der Waals surface area contributed by atoms with E-state index in [4.69, 9.17) is 27.9 Å². The maximum absolute atomic E-state index is 13.4. The first-order chi connectivity index (χ1) is 12.1. The molecule has 0 N–H and O–H groups in total. The molecule has 0 saturated heterocycles. The third kappa shape index (κ3) is 3.48. The Bertz CT molecular complexity index is 877. The van der Waals surface area contributed by atoms with Gasteiger partial charge >= 0.3 is 0 Å². The Kier molecular flexibility index (Phi) is 5.27. The first-order valence-corrected chi connectivity index (χ1v) is 8.35. The van der Waals surface area contributed by atoms with Crippen molar-refractivity contribution >= 4 is 40.5 Å². The topological polar surface area (TPSA) is 29.5 Å². The average molecular weight is 372 g/mol. The van der Waals surface area contributed by atoms with Crippen LogP contribution in [0.1, 0.15) is 10.4 Å². The van der Waals surface area contributed by atoms with Crippen molar-refractivity contribution in [2.24, 2.45) is 0 Å². The average Bonchev–Trinajstić information content (AvgIpc) is 2.65. The third-order valence-electron chi connectivity index (χ3n) is 3.72. The number of anilines is 2. The standard InChI is InChI=1S/C20H15Cl2NO2/c1-25-18-13-6-5-10-15(18)20(24)23(14-8-3-2-4-9-14)19-16(21)11-7-12-17(19)22/h2-13H,1H3. The minimum atomic E-state index is -0.279. The summed E-state index contributed by atoms with van der Waals surface area (Å²) in [6.45, 7) is 0. The van der Waals surface area contributed by atoms with E-state index in [1.54, 1.807) is 36.4 Å². The van der Waals surface area contributed by atoms with Gasteiger partial charge in [0.1, 0.15) is 5.75 Å². The number of para-hydroxylation sites is 3. The zero-order valence-electron chi connectivity index (χ0n) is 13.4. The van der Waals surface area contributed by atoms with Crippen LogP contribution in [0.15, 0.2) is 72.8 Å². The molecule has 0 bridgehead atoms.